The number of fused-ring (bicyclic) bond motifs is 1. The quantitative estimate of drug-likeness (QED) is 0.598. The van der Waals surface area contributed by atoms with Crippen molar-refractivity contribution >= 4 is 11.8 Å². The van der Waals surface area contributed by atoms with E-state index in [0.717, 1.165) is 6.42 Å². The third-order valence-electron chi connectivity index (χ3n) is 2.94. The van der Waals surface area contributed by atoms with Crippen LogP contribution in [0.2, 0.25) is 0 Å². The van der Waals surface area contributed by atoms with E-state index >= 15 is 0 Å². The molecule has 0 spiro atoms. The second-order valence-corrected chi connectivity index (χ2v) is 5.25. The molecule has 2 saturated carbocycles. The van der Waals surface area contributed by atoms with E-state index in [2.05, 4.69) is 0 Å². The van der Waals surface area contributed by atoms with Gasteiger partial charge < -0.3 is 4.74 Å². The first-order valence-electron chi connectivity index (χ1n) is 5.16. The smallest absolute Gasteiger partial charge is 0.310 e. The molecule has 0 aromatic rings. The minimum Gasteiger partial charge on any atom is -0.460 e. The molecule has 2 aliphatic carbocycles. The molecule has 0 heterocycles. The maximum absolute atomic E-state index is 11.6. The Bertz CT molecular complexity index is 287. The van der Waals surface area contributed by atoms with E-state index in [0.29, 0.717) is 12.3 Å². The van der Waals surface area contributed by atoms with Gasteiger partial charge in [-0.15, -0.1) is 0 Å². The Labute approximate surface area is 83.8 Å². The molecule has 1 unspecified atom stereocenters. The van der Waals surface area contributed by atoms with Crippen molar-refractivity contribution in [1.29, 1.82) is 0 Å². The molecule has 3 heteroatoms. The molecule has 2 aliphatic rings. The molecule has 3 nitrogen and oxygen atoms in total. The molecule has 2 rings (SSSR count). The van der Waals surface area contributed by atoms with Gasteiger partial charge in [0.25, 0.3) is 0 Å². The van der Waals surface area contributed by atoms with Gasteiger partial charge in [-0.3, -0.25) is 9.59 Å². The summed E-state index contributed by atoms with van der Waals surface area (Å²) < 4.78 is 5.26. The van der Waals surface area contributed by atoms with Crippen molar-refractivity contribution in [3.8, 4) is 0 Å². The van der Waals surface area contributed by atoms with Gasteiger partial charge in [-0.05, 0) is 33.1 Å². The molecule has 78 valence electrons. The first-order chi connectivity index (χ1) is 6.40. The number of rotatable bonds is 1. The third-order valence-corrected chi connectivity index (χ3v) is 2.94. The molecule has 0 aliphatic heterocycles. The van der Waals surface area contributed by atoms with Crippen LogP contribution in [0.4, 0.5) is 0 Å². The third kappa shape index (κ3) is 1.56. The highest BCUT2D eigenvalue weighted by atomic mass is 16.6. The summed E-state index contributed by atoms with van der Waals surface area (Å²) in [6.45, 7) is 5.56. The van der Waals surface area contributed by atoms with E-state index < -0.39 is 5.60 Å². The summed E-state index contributed by atoms with van der Waals surface area (Å²) in [6, 6.07) is 0. The van der Waals surface area contributed by atoms with Crippen molar-refractivity contribution in [3.05, 3.63) is 0 Å². The van der Waals surface area contributed by atoms with E-state index in [1.165, 1.54) is 0 Å². The fourth-order valence-corrected chi connectivity index (χ4v) is 2.34. The Morgan fingerprint density at radius 2 is 2.07 bits per heavy atom. The minimum absolute atomic E-state index is 0.00449. The lowest BCUT2D eigenvalue weighted by Gasteiger charge is -2.19. The topological polar surface area (TPSA) is 43.4 Å². The Hall–Kier alpha value is -0.860. The summed E-state index contributed by atoms with van der Waals surface area (Å²) in [5.41, 5.74) is -0.434. The predicted octanol–water partition coefficient (Wildman–Crippen LogP) is 1.55. The molecule has 2 fully saturated rings. The van der Waals surface area contributed by atoms with E-state index in [1.807, 2.05) is 20.8 Å². The van der Waals surface area contributed by atoms with Crippen molar-refractivity contribution in [3.63, 3.8) is 0 Å². The molecule has 3 atom stereocenters. The number of carbonyl (C=O) groups is 2. The molecule has 0 bridgehead atoms. The van der Waals surface area contributed by atoms with E-state index in [4.69, 9.17) is 4.74 Å². The number of esters is 1. The summed E-state index contributed by atoms with van der Waals surface area (Å²) >= 11 is 0. The molecule has 0 N–H and O–H groups in total. The van der Waals surface area contributed by atoms with Crippen LogP contribution in [-0.4, -0.2) is 17.4 Å². The van der Waals surface area contributed by atoms with Gasteiger partial charge in [-0.1, -0.05) is 0 Å². The average molecular weight is 196 g/mol. The molecule has 0 radical (unpaired) electrons. The van der Waals surface area contributed by atoms with Crippen LogP contribution in [0.3, 0.4) is 0 Å². The molecule has 0 aromatic carbocycles. The van der Waals surface area contributed by atoms with Crippen LogP contribution in [-0.2, 0) is 14.3 Å². The van der Waals surface area contributed by atoms with Gasteiger partial charge in [0.2, 0.25) is 0 Å². The zero-order chi connectivity index (χ0) is 10.5. The van der Waals surface area contributed by atoms with E-state index in [-0.39, 0.29) is 23.6 Å². The van der Waals surface area contributed by atoms with Gasteiger partial charge in [0, 0.05) is 12.3 Å². The van der Waals surface area contributed by atoms with Gasteiger partial charge >= 0.3 is 5.97 Å². The Morgan fingerprint density at radius 1 is 1.43 bits per heavy atom. The number of hydrogen-bond donors (Lipinski definition) is 0. The lowest BCUT2D eigenvalue weighted by molar-refractivity contribution is -0.158. The lowest BCUT2D eigenvalue weighted by Crippen LogP contribution is -2.26. The number of Topliss-reactive ketones (excluding diaryl/α,β-unsaturated/α-hetero) is 1. The van der Waals surface area contributed by atoms with Crippen LogP contribution in [0, 0.1) is 17.8 Å². The fraction of sp³-hybridized carbons (Fsp3) is 0.818. The van der Waals surface area contributed by atoms with Crippen LogP contribution >= 0.6 is 0 Å². The van der Waals surface area contributed by atoms with Gasteiger partial charge in [0.05, 0.1) is 5.92 Å². The number of ether oxygens (including phenoxy) is 1. The highest BCUT2D eigenvalue weighted by Crippen LogP contribution is 2.56. The van der Waals surface area contributed by atoms with Crippen LogP contribution in [0.25, 0.3) is 0 Å². The average Bonchev–Trinajstić information content (AvgIpc) is 2.61. The number of ketones is 1. The largest absolute Gasteiger partial charge is 0.460 e. The zero-order valence-corrected chi connectivity index (χ0v) is 8.87. The van der Waals surface area contributed by atoms with Crippen molar-refractivity contribution < 1.29 is 14.3 Å². The molecule has 0 saturated heterocycles. The van der Waals surface area contributed by atoms with Crippen LogP contribution in [0.15, 0.2) is 0 Å². The van der Waals surface area contributed by atoms with Crippen LogP contribution in [0.1, 0.15) is 33.6 Å². The lowest BCUT2D eigenvalue weighted by atomic mass is 10.1. The fourth-order valence-electron chi connectivity index (χ4n) is 2.34. The summed E-state index contributed by atoms with van der Waals surface area (Å²) in [7, 11) is 0. The highest BCUT2D eigenvalue weighted by molar-refractivity contribution is 5.94. The molecule has 0 aromatic heterocycles. The number of carbonyl (C=O) groups excluding carboxylic acids is 2. The summed E-state index contributed by atoms with van der Waals surface area (Å²) in [5, 5.41) is 0. The number of hydrogen-bond acceptors (Lipinski definition) is 3. The second-order valence-electron chi connectivity index (χ2n) is 5.25. The van der Waals surface area contributed by atoms with Crippen LogP contribution < -0.4 is 0 Å². The van der Waals surface area contributed by atoms with Gasteiger partial charge in [0.15, 0.2) is 0 Å². The van der Waals surface area contributed by atoms with Gasteiger partial charge in [0.1, 0.15) is 11.4 Å². The van der Waals surface area contributed by atoms with E-state index in [9.17, 15) is 9.59 Å². The molecule has 0 amide bonds. The van der Waals surface area contributed by atoms with E-state index in [1.54, 1.807) is 0 Å². The Balaban J connectivity index is 1.94. The summed E-state index contributed by atoms with van der Waals surface area (Å²) in [5.74, 6) is 0.268. The second kappa shape index (κ2) is 2.81. The van der Waals surface area contributed by atoms with Crippen molar-refractivity contribution in [1.82, 2.24) is 0 Å². The standard InChI is InChI=1S/C11H16O3/c1-11(2,3)14-10(13)9-6-4-5-7(12)8(6)9/h6,8-9H,4-5H2,1-3H3/t6?,8-,9+/m1/s1. The zero-order valence-electron chi connectivity index (χ0n) is 8.87. The first-order valence-corrected chi connectivity index (χ1v) is 5.16. The van der Waals surface area contributed by atoms with Crippen LogP contribution in [0.5, 0.6) is 0 Å². The maximum Gasteiger partial charge on any atom is 0.310 e. The Morgan fingerprint density at radius 3 is 2.50 bits per heavy atom. The van der Waals surface area contributed by atoms with Crippen molar-refractivity contribution in [2.75, 3.05) is 0 Å². The van der Waals surface area contributed by atoms with Crippen molar-refractivity contribution in [2.45, 2.75) is 39.2 Å². The summed E-state index contributed by atoms with van der Waals surface area (Å²) in [6.07, 6.45) is 1.54. The SMILES string of the molecule is CC(C)(C)OC(=O)[C@H]1C2CCC(=O)[C@@H]21. The van der Waals surface area contributed by atoms with Crippen molar-refractivity contribution in [2.24, 2.45) is 17.8 Å². The maximum atomic E-state index is 11.6. The van der Waals surface area contributed by atoms with Gasteiger partial charge in [-0.2, -0.15) is 0 Å². The summed E-state index contributed by atoms with van der Waals surface area (Å²) in [4.78, 5) is 22.9. The molecule has 14 heavy (non-hydrogen) atoms. The Kier molecular flexibility index (Phi) is 1.95. The first kappa shape index (κ1) is 9.69. The minimum atomic E-state index is -0.434. The van der Waals surface area contributed by atoms with Gasteiger partial charge in [-0.25, -0.2) is 0 Å². The predicted molar refractivity (Wildman–Crippen MR) is 50.6 cm³/mol. The normalized spacial score (nSPS) is 35.4. The molecular weight excluding hydrogens is 180 g/mol. The highest BCUT2D eigenvalue weighted by Gasteiger charge is 2.62. The monoisotopic (exact) mass is 196 g/mol. The molecular formula is C11H16O3.